The third-order valence-corrected chi connectivity index (χ3v) is 6.50. The van der Waals surface area contributed by atoms with Crippen molar-refractivity contribution in [3.63, 3.8) is 0 Å². The first-order valence-electron chi connectivity index (χ1n) is 9.41. The monoisotopic (exact) mass is 413 g/mol. The predicted molar refractivity (Wildman–Crippen MR) is 114 cm³/mol. The zero-order chi connectivity index (χ0) is 19.1. The van der Waals surface area contributed by atoms with Gasteiger partial charge in [0.05, 0.1) is 47.4 Å². The van der Waals surface area contributed by atoms with E-state index in [0.29, 0.717) is 10.0 Å². The molecule has 2 aromatic rings. The van der Waals surface area contributed by atoms with E-state index < -0.39 is 0 Å². The zero-order valence-corrected chi connectivity index (χ0v) is 16.9. The van der Waals surface area contributed by atoms with Crippen molar-refractivity contribution in [1.82, 2.24) is 14.7 Å². The van der Waals surface area contributed by atoms with Gasteiger partial charge in [-0.25, -0.2) is 0 Å². The molecule has 0 spiro atoms. The molecule has 144 valence electrons. The Labute approximate surface area is 174 Å². The molecule has 4 saturated heterocycles. The van der Waals surface area contributed by atoms with Crippen LogP contribution in [0.2, 0.25) is 10.0 Å². The van der Waals surface area contributed by atoms with Crippen molar-refractivity contribution >= 4 is 35.1 Å². The van der Waals surface area contributed by atoms with Gasteiger partial charge in [-0.3, -0.25) is 14.7 Å². The average Bonchev–Trinajstić information content (AvgIpc) is 2.68. The molecule has 0 aliphatic carbocycles. The fraction of sp³-hybridized carbons (Fsp3) is 0.333. The second kappa shape index (κ2) is 7.25. The molecular weight excluding hydrogens is 393 g/mol. The third-order valence-electron chi connectivity index (χ3n) is 5.66. The maximum absolute atomic E-state index is 6.29. The maximum Gasteiger partial charge on any atom is 0.0802 e. The van der Waals surface area contributed by atoms with E-state index in [2.05, 4.69) is 44.1 Å². The lowest BCUT2D eigenvalue weighted by atomic mass is 9.74. The molecule has 28 heavy (non-hydrogen) atoms. The van der Waals surface area contributed by atoms with Gasteiger partial charge in [0.15, 0.2) is 0 Å². The number of halogens is 2. The lowest BCUT2D eigenvalue weighted by Crippen LogP contribution is -2.74. The fourth-order valence-corrected chi connectivity index (χ4v) is 5.13. The van der Waals surface area contributed by atoms with Gasteiger partial charge in [-0.05, 0) is 11.6 Å². The summed E-state index contributed by atoms with van der Waals surface area (Å²) < 4.78 is 0. The molecule has 4 heterocycles. The van der Waals surface area contributed by atoms with Crippen LogP contribution in [0.1, 0.15) is 11.1 Å². The maximum atomic E-state index is 6.29. The van der Waals surface area contributed by atoms with Crippen LogP contribution in [0.25, 0.3) is 0 Å². The van der Waals surface area contributed by atoms with Crippen molar-refractivity contribution in [3.05, 3.63) is 69.7 Å². The Morgan fingerprint density at radius 3 is 2.14 bits per heavy atom. The minimum atomic E-state index is -0.0361. The molecule has 4 aliphatic heterocycles. The molecule has 0 saturated carbocycles. The lowest BCUT2D eigenvalue weighted by molar-refractivity contribution is -0.149. The van der Waals surface area contributed by atoms with Gasteiger partial charge in [-0.2, -0.15) is 10.2 Å². The topological polar surface area (TPSA) is 34.4 Å². The van der Waals surface area contributed by atoms with Crippen LogP contribution >= 0.6 is 23.2 Å². The van der Waals surface area contributed by atoms with Crippen LogP contribution in [-0.2, 0) is 0 Å². The molecular formula is C21H21Cl2N5. The standard InChI is InChI=1S/C21H21Cl2N5/c22-18-8-4-7-17(19(18)23)9-24-25-20(16-5-2-1-3-6-16)21-10-26-13-27(11-21)15-28(12-21)14-26/h1-9H,10-15H2/b24-9+,25-20+. The minimum Gasteiger partial charge on any atom is -0.276 e. The van der Waals surface area contributed by atoms with Crippen molar-refractivity contribution in [3.8, 4) is 0 Å². The number of hydrogen-bond acceptors (Lipinski definition) is 5. The predicted octanol–water partition coefficient (Wildman–Crippen LogP) is 3.62. The molecule has 6 rings (SSSR count). The SMILES string of the molecule is Clc1cccc(/C=N/N=C(\c2ccccc2)C23CN4CN(CN(C4)C2)C3)c1Cl. The Balaban J connectivity index is 1.53. The van der Waals surface area contributed by atoms with Crippen molar-refractivity contribution in [2.75, 3.05) is 39.6 Å². The second-order valence-electron chi connectivity index (χ2n) is 7.89. The molecule has 0 atom stereocenters. The molecule has 4 aliphatic rings. The summed E-state index contributed by atoms with van der Waals surface area (Å²) in [5, 5.41) is 10.2. The number of benzene rings is 2. The third kappa shape index (κ3) is 3.27. The Hall–Kier alpha value is -1.76. The van der Waals surface area contributed by atoms with Crippen molar-refractivity contribution < 1.29 is 0 Å². The highest BCUT2D eigenvalue weighted by molar-refractivity contribution is 6.43. The summed E-state index contributed by atoms with van der Waals surface area (Å²) in [6, 6.07) is 15.9. The highest BCUT2D eigenvalue weighted by atomic mass is 35.5. The first-order valence-corrected chi connectivity index (χ1v) is 10.2. The first kappa shape index (κ1) is 18.3. The second-order valence-corrected chi connectivity index (χ2v) is 8.68. The van der Waals surface area contributed by atoms with Crippen molar-refractivity contribution in [2.24, 2.45) is 15.6 Å². The van der Waals surface area contributed by atoms with Crippen LogP contribution in [0.5, 0.6) is 0 Å². The highest BCUT2D eigenvalue weighted by Crippen LogP contribution is 2.38. The Morgan fingerprint density at radius 1 is 0.857 bits per heavy atom. The van der Waals surface area contributed by atoms with Gasteiger partial charge in [0.25, 0.3) is 0 Å². The smallest absolute Gasteiger partial charge is 0.0802 e. The average molecular weight is 414 g/mol. The summed E-state index contributed by atoms with van der Waals surface area (Å²) in [4.78, 5) is 7.48. The number of nitrogens with zero attached hydrogens (tertiary/aromatic N) is 5. The summed E-state index contributed by atoms with van der Waals surface area (Å²) in [6.07, 6.45) is 1.69. The quantitative estimate of drug-likeness (QED) is 0.566. The van der Waals surface area contributed by atoms with E-state index in [1.54, 1.807) is 12.3 Å². The number of hydrogen-bond donors (Lipinski definition) is 0. The van der Waals surface area contributed by atoms with Gasteiger partial charge >= 0.3 is 0 Å². The van der Waals surface area contributed by atoms with Gasteiger partial charge in [0, 0.05) is 25.2 Å². The molecule has 0 unspecified atom stereocenters. The summed E-state index contributed by atoms with van der Waals surface area (Å²) in [6.45, 7) is 6.18. The molecule has 4 bridgehead atoms. The van der Waals surface area contributed by atoms with Crippen LogP contribution < -0.4 is 0 Å². The Bertz CT molecular complexity index is 906. The summed E-state index contributed by atoms with van der Waals surface area (Å²) in [7, 11) is 0. The molecule has 0 N–H and O–H groups in total. The van der Waals surface area contributed by atoms with E-state index in [0.717, 1.165) is 56.5 Å². The minimum absolute atomic E-state index is 0.0361. The first-order chi connectivity index (χ1) is 13.6. The van der Waals surface area contributed by atoms with Crippen LogP contribution in [-0.4, -0.2) is 66.3 Å². The summed E-state index contributed by atoms with van der Waals surface area (Å²) in [5.74, 6) is 0. The summed E-state index contributed by atoms with van der Waals surface area (Å²) >= 11 is 12.4. The van der Waals surface area contributed by atoms with E-state index in [1.807, 2.05) is 18.2 Å². The van der Waals surface area contributed by atoms with Crippen molar-refractivity contribution in [2.45, 2.75) is 0 Å². The Kier molecular flexibility index (Phi) is 4.73. The van der Waals surface area contributed by atoms with E-state index >= 15 is 0 Å². The fourth-order valence-electron chi connectivity index (χ4n) is 4.78. The largest absolute Gasteiger partial charge is 0.276 e. The van der Waals surface area contributed by atoms with Crippen LogP contribution in [0, 0.1) is 5.41 Å². The molecule has 0 amide bonds. The molecule has 5 nitrogen and oxygen atoms in total. The van der Waals surface area contributed by atoms with Gasteiger partial charge < -0.3 is 0 Å². The lowest BCUT2D eigenvalue weighted by Gasteiger charge is -2.60. The van der Waals surface area contributed by atoms with Crippen LogP contribution in [0.4, 0.5) is 0 Å². The summed E-state index contributed by atoms with van der Waals surface area (Å²) in [5.41, 5.74) is 2.90. The van der Waals surface area contributed by atoms with Gasteiger partial charge in [0.1, 0.15) is 0 Å². The van der Waals surface area contributed by atoms with Gasteiger partial charge in [0.2, 0.25) is 0 Å². The van der Waals surface area contributed by atoms with Crippen LogP contribution in [0.15, 0.2) is 58.7 Å². The van der Waals surface area contributed by atoms with E-state index in [1.165, 1.54) is 0 Å². The normalized spacial score (nSPS) is 31.6. The molecule has 0 radical (unpaired) electrons. The van der Waals surface area contributed by atoms with Crippen molar-refractivity contribution in [1.29, 1.82) is 0 Å². The highest BCUT2D eigenvalue weighted by Gasteiger charge is 2.51. The number of rotatable bonds is 4. The van der Waals surface area contributed by atoms with Gasteiger partial charge in [-0.15, -0.1) is 0 Å². The molecule has 0 aromatic heterocycles. The van der Waals surface area contributed by atoms with E-state index in [-0.39, 0.29) is 5.41 Å². The van der Waals surface area contributed by atoms with Gasteiger partial charge in [-0.1, -0.05) is 65.7 Å². The molecule has 2 aromatic carbocycles. The molecule has 7 heteroatoms. The zero-order valence-electron chi connectivity index (χ0n) is 15.4. The Morgan fingerprint density at radius 2 is 1.50 bits per heavy atom. The van der Waals surface area contributed by atoms with E-state index in [9.17, 15) is 0 Å². The van der Waals surface area contributed by atoms with Crippen LogP contribution in [0.3, 0.4) is 0 Å². The molecule has 4 fully saturated rings. The van der Waals surface area contributed by atoms with E-state index in [4.69, 9.17) is 28.3 Å².